The van der Waals surface area contributed by atoms with Gasteiger partial charge in [-0.15, -0.1) is 0 Å². The minimum Gasteiger partial charge on any atom is -0.396 e. The Labute approximate surface area is 47.4 Å². The Morgan fingerprint density at radius 2 is 2.75 bits per heavy atom. The summed E-state index contributed by atoms with van der Waals surface area (Å²) >= 11 is 0. The summed E-state index contributed by atoms with van der Waals surface area (Å²) in [5.74, 6) is 0. The summed E-state index contributed by atoms with van der Waals surface area (Å²) in [6, 6.07) is 0. The molecule has 1 rings (SSSR count). The van der Waals surface area contributed by atoms with Gasteiger partial charge in [-0.05, 0) is 6.42 Å². The zero-order valence-corrected chi connectivity index (χ0v) is 4.39. The van der Waals surface area contributed by atoms with Crippen molar-refractivity contribution in [3.05, 3.63) is 18.0 Å². The highest BCUT2D eigenvalue weighted by atomic mass is 16.2. The maximum absolute atomic E-state index is 8.38. The molecule has 0 saturated heterocycles. The highest BCUT2D eigenvalue weighted by Crippen LogP contribution is 1.90. The molecule has 0 atom stereocenters. The number of rotatable bonds is 2. The molecule has 0 spiro atoms. The van der Waals surface area contributed by atoms with Crippen LogP contribution in [-0.2, 0) is 6.42 Å². The lowest BCUT2D eigenvalue weighted by molar-refractivity contribution is 0.299. The van der Waals surface area contributed by atoms with Crippen LogP contribution in [0.3, 0.4) is 0 Å². The van der Waals surface area contributed by atoms with Crippen molar-refractivity contribution >= 4 is 0 Å². The summed E-state index contributed by atoms with van der Waals surface area (Å²) in [5, 5.41) is 14.6. The number of nitrogens with one attached hydrogen (secondary N) is 1. The molecule has 0 fully saturated rings. The van der Waals surface area contributed by atoms with Crippen molar-refractivity contribution in [2.45, 2.75) is 6.42 Å². The summed E-state index contributed by atoms with van der Waals surface area (Å²) in [4.78, 5) is 0. The lowest BCUT2D eigenvalue weighted by atomic mass is 10.3. The Hall–Kier alpha value is -0.830. The molecular formula is C5H7N2O. The summed E-state index contributed by atoms with van der Waals surface area (Å²) in [6.45, 7) is 0.163. The van der Waals surface area contributed by atoms with E-state index in [0.29, 0.717) is 6.42 Å². The van der Waals surface area contributed by atoms with Gasteiger partial charge >= 0.3 is 0 Å². The van der Waals surface area contributed by atoms with Gasteiger partial charge in [0.2, 0.25) is 0 Å². The summed E-state index contributed by atoms with van der Waals surface area (Å²) in [7, 11) is 0. The second-order valence-electron chi connectivity index (χ2n) is 1.50. The normalized spacial score (nSPS) is 9.62. The molecule has 0 bridgehead atoms. The topological polar surface area (TPSA) is 48.9 Å². The fourth-order valence-electron chi connectivity index (χ4n) is 0.495. The highest BCUT2D eigenvalue weighted by molar-refractivity contribution is 4.99. The van der Waals surface area contributed by atoms with Crippen LogP contribution in [0, 0.1) is 6.20 Å². The number of hydrogen-bond acceptors (Lipinski definition) is 2. The average molecular weight is 111 g/mol. The Balaban J connectivity index is 2.50. The van der Waals surface area contributed by atoms with Crippen LogP contribution in [0.15, 0.2) is 6.20 Å². The maximum atomic E-state index is 8.38. The molecule has 2 N–H and O–H groups in total. The van der Waals surface area contributed by atoms with Gasteiger partial charge in [-0.3, -0.25) is 5.10 Å². The highest BCUT2D eigenvalue weighted by Gasteiger charge is 1.89. The van der Waals surface area contributed by atoms with E-state index in [1.807, 2.05) is 0 Å². The number of H-pyrrole nitrogens is 1. The summed E-state index contributed by atoms with van der Waals surface area (Å²) < 4.78 is 0. The lowest BCUT2D eigenvalue weighted by Crippen LogP contribution is -1.86. The summed E-state index contributed by atoms with van der Waals surface area (Å²) in [5.41, 5.74) is 0.924. The van der Waals surface area contributed by atoms with Crippen molar-refractivity contribution in [3.8, 4) is 0 Å². The Morgan fingerprint density at radius 3 is 3.25 bits per heavy atom. The number of aromatic amines is 1. The van der Waals surface area contributed by atoms with Crippen LogP contribution in [0.4, 0.5) is 0 Å². The van der Waals surface area contributed by atoms with Crippen molar-refractivity contribution in [1.29, 1.82) is 0 Å². The first kappa shape index (κ1) is 5.31. The second kappa shape index (κ2) is 2.47. The molecule has 1 radical (unpaired) electrons. The van der Waals surface area contributed by atoms with Gasteiger partial charge in [0.15, 0.2) is 0 Å². The zero-order valence-electron chi connectivity index (χ0n) is 4.39. The van der Waals surface area contributed by atoms with Crippen LogP contribution >= 0.6 is 0 Å². The third-order valence-corrected chi connectivity index (χ3v) is 0.884. The van der Waals surface area contributed by atoms with Crippen LogP contribution in [0.25, 0.3) is 0 Å². The molecule has 3 heteroatoms. The standard InChI is InChI=1S/C5H7N2O/c8-2-1-5-3-6-7-4-5/h3,8H,1-2H2,(H,6,7). The molecule has 0 aliphatic carbocycles. The van der Waals surface area contributed by atoms with Crippen LogP contribution in [0.5, 0.6) is 0 Å². The van der Waals surface area contributed by atoms with Crippen molar-refractivity contribution in [3.63, 3.8) is 0 Å². The molecule has 0 aliphatic heterocycles. The van der Waals surface area contributed by atoms with Crippen molar-refractivity contribution in [1.82, 2.24) is 10.2 Å². The predicted molar refractivity (Wildman–Crippen MR) is 28.2 cm³/mol. The van der Waals surface area contributed by atoms with Crippen molar-refractivity contribution in [2.75, 3.05) is 6.61 Å². The fourth-order valence-corrected chi connectivity index (χ4v) is 0.495. The van der Waals surface area contributed by atoms with Crippen molar-refractivity contribution < 1.29 is 5.11 Å². The van der Waals surface area contributed by atoms with Gasteiger partial charge in [-0.2, -0.15) is 5.10 Å². The molecule has 3 nitrogen and oxygen atoms in total. The number of aliphatic hydroxyl groups is 1. The molecule has 0 amide bonds. The molecule has 1 aromatic rings. The van der Waals surface area contributed by atoms with E-state index in [0.717, 1.165) is 5.56 Å². The van der Waals surface area contributed by atoms with Gasteiger partial charge in [0.05, 0.1) is 0 Å². The monoisotopic (exact) mass is 111 g/mol. The molecular weight excluding hydrogens is 104 g/mol. The van der Waals surface area contributed by atoms with Crippen LogP contribution in [-0.4, -0.2) is 21.9 Å². The predicted octanol–water partition coefficient (Wildman–Crippen LogP) is -0.255. The van der Waals surface area contributed by atoms with E-state index in [4.69, 9.17) is 5.11 Å². The minimum atomic E-state index is 0.163. The van der Waals surface area contributed by atoms with Gasteiger partial charge in [0.1, 0.15) is 6.20 Å². The molecule has 0 aromatic carbocycles. The van der Waals surface area contributed by atoms with Crippen LogP contribution < -0.4 is 0 Å². The Kier molecular flexibility index (Phi) is 1.64. The van der Waals surface area contributed by atoms with E-state index in [9.17, 15) is 0 Å². The lowest BCUT2D eigenvalue weighted by Gasteiger charge is -1.83. The first-order valence-corrected chi connectivity index (χ1v) is 2.44. The second-order valence-corrected chi connectivity index (χ2v) is 1.50. The van der Waals surface area contributed by atoms with Gasteiger partial charge in [-0.1, -0.05) is 0 Å². The molecule has 43 valence electrons. The van der Waals surface area contributed by atoms with E-state index in [1.54, 1.807) is 6.20 Å². The number of aromatic nitrogens is 2. The zero-order chi connectivity index (χ0) is 5.82. The smallest absolute Gasteiger partial charge is 0.116 e. The first-order valence-electron chi connectivity index (χ1n) is 2.44. The maximum Gasteiger partial charge on any atom is 0.116 e. The average Bonchev–Trinajstić information content (AvgIpc) is 2.19. The molecule has 0 aliphatic rings. The number of nitrogens with zero attached hydrogens (tertiary/aromatic N) is 1. The third kappa shape index (κ3) is 1.07. The largest absolute Gasteiger partial charge is 0.396 e. The quantitative estimate of drug-likeness (QED) is 0.552. The van der Waals surface area contributed by atoms with Gasteiger partial charge in [0.25, 0.3) is 0 Å². The Bertz CT molecular complexity index is 136. The molecule has 1 aromatic heterocycles. The Morgan fingerprint density at radius 1 is 1.88 bits per heavy atom. The number of hydrogen-bond donors (Lipinski definition) is 2. The number of aliphatic hydroxyl groups excluding tert-OH is 1. The van der Waals surface area contributed by atoms with E-state index in [-0.39, 0.29) is 6.61 Å². The SMILES string of the molecule is OCCc1[c]n[nH]c1. The van der Waals surface area contributed by atoms with Crippen LogP contribution in [0.1, 0.15) is 5.56 Å². The summed E-state index contributed by atoms with van der Waals surface area (Å²) in [6.07, 6.45) is 5.03. The molecule has 8 heavy (non-hydrogen) atoms. The van der Waals surface area contributed by atoms with E-state index in [1.165, 1.54) is 0 Å². The molecule has 1 heterocycles. The van der Waals surface area contributed by atoms with Gasteiger partial charge in [0, 0.05) is 18.4 Å². The van der Waals surface area contributed by atoms with Crippen molar-refractivity contribution in [2.24, 2.45) is 0 Å². The minimum absolute atomic E-state index is 0.163. The molecule has 0 saturated carbocycles. The third-order valence-electron chi connectivity index (χ3n) is 0.884. The van der Waals surface area contributed by atoms with E-state index < -0.39 is 0 Å². The molecule has 0 unspecified atom stereocenters. The van der Waals surface area contributed by atoms with Gasteiger partial charge in [-0.25, -0.2) is 0 Å². The van der Waals surface area contributed by atoms with E-state index >= 15 is 0 Å². The van der Waals surface area contributed by atoms with E-state index in [2.05, 4.69) is 16.4 Å². The first-order chi connectivity index (χ1) is 3.93. The van der Waals surface area contributed by atoms with Gasteiger partial charge < -0.3 is 5.11 Å². The fraction of sp³-hybridized carbons (Fsp3) is 0.400. The van der Waals surface area contributed by atoms with Crippen LogP contribution in [0.2, 0.25) is 0 Å².